The van der Waals surface area contributed by atoms with Crippen molar-refractivity contribution in [1.29, 1.82) is 0 Å². The Kier molecular flexibility index (Phi) is 9.07. The number of hydrogen-bond donors (Lipinski definition) is 1. The third-order valence-corrected chi connectivity index (χ3v) is 7.28. The molecule has 196 valence electrons. The zero-order valence-corrected chi connectivity index (χ0v) is 22.3. The number of ether oxygens (including phenoxy) is 2. The largest absolute Gasteiger partial charge is 0.496 e. The van der Waals surface area contributed by atoms with E-state index in [0.29, 0.717) is 18.2 Å². The van der Waals surface area contributed by atoms with Crippen molar-refractivity contribution in [3.63, 3.8) is 0 Å². The van der Waals surface area contributed by atoms with Gasteiger partial charge in [-0.1, -0.05) is 37.3 Å². The molecule has 6 heteroatoms. The Balaban J connectivity index is 1.38. The zero-order chi connectivity index (χ0) is 26.2. The molecule has 0 bridgehead atoms. The van der Waals surface area contributed by atoms with Crippen molar-refractivity contribution in [2.45, 2.75) is 45.6 Å². The second-order valence-electron chi connectivity index (χ2n) is 9.58. The number of carbonyl (C=O) groups is 1. The monoisotopic (exact) mass is 501 g/mol. The summed E-state index contributed by atoms with van der Waals surface area (Å²) >= 11 is 0. The number of fused-ring (bicyclic) bond motifs is 1. The molecule has 1 aromatic heterocycles. The lowest BCUT2D eigenvalue weighted by Crippen LogP contribution is -2.36. The molecule has 1 saturated heterocycles. The van der Waals surface area contributed by atoms with Crippen molar-refractivity contribution in [2.24, 2.45) is 5.73 Å². The third kappa shape index (κ3) is 6.44. The summed E-state index contributed by atoms with van der Waals surface area (Å²) in [4.78, 5) is 14.2. The molecule has 0 aliphatic carbocycles. The number of likely N-dealkylation sites (tertiary alicyclic amines) is 1. The van der Waals surface area contributed by atoms with E-state index in [4.69, 9.17) is 15.2 Å². The number of amides is 1. The van der Waals surface area contributed by atoms with E-state index in [1.165, 1.54) is 0 Å². The molecule has 2 heterocycles. The highest BCUT2D eigenvalue weighted by atomic mass is 16.5. The standard InChI is InChI=1S/C31H39N3O3/c1-4-6-8-23(5-2)22-37-30-10-7-9-29(36-3)27(30)16-19-33-17-14-26(15-18-33)34-20-13-24-11-12-25(31(32)35)21-28(24)34/h5-13,20-21,26H,4,14-19,22H2,1-3H3,(H2,32,35)/b8-6-,23-5+. The summed E-state index contributed by atoms with van der Waals surface area (Å²) < 4.78 is 14.3. The summed E-state index contributed by atoms with van der Waals surface area (Å²) in [6.45, 7) is 7.72. The van der Waals surface area contributed by atoms with Crippen molar-refractivity contribution >= 4 is 16.8 Å². The van der Waals surface area contributed by atoms with Crippen LogP contribution >= 0.6 is 0 Å². The van der Waals surface area contributed by atoms with Gasteiger partial charge in [0.15, 0.2) is 0 Å². The van der Waals surface area contributed by atoms with E-state index < -0.39 is 0 Å². The number of allylic oxidation sites excluding steroid dienone is 2. The van der Waals surface area contributed by atoms with Gasteiger partial charge in [0, 0.05) is 48.5 Å². The highest BCUT2D eigenvalue weighted by Crippen LogP contribution is 2.31. The first-order valence-corrected chi connectivity index (χ1v) is 13.3. The fraction of sp³-hybridized carbons (Fsp3) is 0.387. The van der Waals surface area contributed by atoms with Gasteiger partial charge in [0.25, 0.3) is 0 Å². The minimum atomic E-state index is -0.386. The van der Waals surface area contributed by atoms with Gasteiger partial charge in [-0.2, -0.15) is 0 Å². The number of nitrogens with two attached hydrogens (primary N) is 1. The van der Waals surface area contributed by atoms with E-state index in [-0.39, 0.29) is 5.91 Å². The molecule has 0 spiro atoms. The van der Waals surface area contributed by atoms with Crippen LogP contribution in [0.1, 0.15) is 55.1 Å². The maximum atomic E-state index is 11.7. The summed E-state index contributed by atoms with van der Waals surface area (Å²) in [5.74, 6) is 1.38. The van der Waals surface area contributed by atoms with E-state index in [2.05, 4.69) is 46.9 Å². The number of primary amides is 1. The van der Waals surface area contributed by atoms with Gasteiger partial charge < -0.3 is 24.7 Å². The van der Waals surface area contributed by atoms with Crippen LogP contribution in [0.15, 0.2) is 72.5 Å². The molecule has 1 fully saturated rings. The lowest BCUT2D eigenvalue weighted by Gasteiger charge is -2.33. The molecule has 0 atom stereocenters. The lowest BCUT2D eigenvalue weighted by molar-refractivity contribution is 0.100. The molecule has 6 nitrogen and oxygen atoms in total. The predicted molar refractivity (Wildman–Crippen MR) is 151 cm³/mol. The fourth-order valence-corrected chi connectivity index (χ4v) is 5.09. The van der Waals surface area contributed by atoms with Crippen LogP contribution in [0.3, 0.4) is 0 Å². The summed E-state index contributed by atoms with van der Waals surface area (Å²) in [6.07, 6.45) is 12.5. The Bertz CT molecular complexity index is 1270. The molecule has 1 aliphatic rings. The summed E-state index contributed by atoms with van der Waals surface area (Å²) in [5, 5.41) is 1.14. The average molecular weight is 502 g/mol. The molecule has 4 rings (SSSR count). The molecular weight excluding hydrogens is 462 g/mol. The molecule has 0 radical (unpaired) electrons. The highest BCUT2D eigenvalue weighted by molar-refractivity contribution is 5.97. The van der Waals surface area contributed by atoms with Crippen molar-refractivity contribution in [1.82, 2.24) is 9.47 Å². The van der Waals surface area contributed by atoms with Crippen molar-refractivity contribution in [3.05, 3.63) is 83.6 Å². The average Bonchev–Trinajstić information content (AvgIpc) is 3.35. The molecule has 0 saturated carbocycles. The first-order valence-electron chi connectivity index (χ1n) is 13.3. The van der Waals surface area contributed by atoms with Crippen LogP contribution in [0.25, 0.3) is 10.9 Å². The molecule has 3 aromatic rings. The second kappa shape index (κ2) is 12.6. The normalized spacial score (nSPS) is 15.5. The van der Waals surface area contributed by atoms with Crippen LogP contribution in [-0.4, -0.2) is 48.7 Å². The Morgan fingerprint density at radius 1 is 1.14 bits per heavy atom. The number of piperidine rings is 1. The SMILES string of the molecule is C/C=C(\C=C/CC)COc1cccc(OC)c1CCN1CCC(n2ccc3ccc(C(N)=O)cc32)CC1. The van der Waals surface area contributed by atoms with Crippen LogP contribution in [0.5, 0.6) is 11.5 Å². The smallest absolute Gasteiger partial charge is 0.248 e. The number of nitrogens with zero attached hydrogens (tertiary/aromatic N) is 2. The number of carbonyl (C=O) groups excluding carboxylic acids is 1. The van der Waals surface area contributed by atoms with Gasteiger partial charge in [-0.3, -0.25) is 4.79 Å². The quantitative estimate of drug-likeness (QED) is 0.331. The van der Waals surface area contributed by atoms with E-state index in [1.54, 1.807) is 13.2 Å². The molecular formula is C31H39N3O3. The molecule has 1 amide bonds. The minimum Gasteiger partial charge on any atom is -0.496 e. The number of aromatic nitrogens is 1. The van der Waals surface area contributed by atoms with E-state index in [9.17, 15) is 4.79 Å². The third-order valence-electron chi connectivity index (χ3n) is 7.28. The van der Waals surface area contributed by atoms with Crippen molar-refractivity contribution < 1.29 is 14.3 Å². The number of rotatable bonds is 11. The van der Waals surface area contributed by atoms with E-state index >= 15 is 0 Å². The Morgan fingerprint density at radius 3 is 2.62 bits per heavy atom. The highest BCUT2D eigenvalue weighted by Gasteiger charge is 2.22. The molecule has 2 aromatic carbocycles. The molecule has 1 aliphatic heterocycles. The van der Waals surface area contributed by atoms with Gasteiger partial charge in [0.05, 0.1) is 7.11 Å². The second-order valence-corrected chi connectivity index (χ2v) is 9.58. The van der Waals surface area contributed by atoms with Crippen LogP contribution in [0.4, 0.5) is 0 Å². The van der Waals surface area contributed by atoms with E-state index in [1.807, 2.05) is 37.3 Å². The van der Waals surface area contributed by atoms with Gasteiger partial charge in [-0.15, -0.1) is 0 Å². The van der Waals surface area contributed by atoms with Crippen LogP contribution < -0.4 is 15.2 Å². The van der Waals surface area contributed by atoms with E-state index in [0.717, 1.165) is 78.9 Å². The molecule has 0 unspecified atom stereocenters. The summed E-state index contributed by atoms with van der Waals surface area (Å²) in [7, 11) is 1.72. The van der Waals surface area contributed by atoms with Crippen molar-refractivity contribution in [3.8, 4) is 11.5 Å². The Labute approximate surface area is 220 Å². The maximum absolute atomic E-state index is 11.7. The molecule has 2 N–H and O–H groups in total. The lowest BCUT2D eigenvalue weighted by atomic mass is 10.0. The van der Waals surface area contributed by atoms with Gasteiger partial charge in [0.2, 0.25) is 5.91 Å². The Hall–Kier alpha value is -3.51. The summed E-state index contributed by atoms with van der Waals surface area (Å²) in [5.41, 5.74) is 9.44. The predicted octanol–water partition coefficient (Wildman–Crippen LogP) is 5.92. The van der Waals surface area contributed by atoms with Crippen LogP contribution in [-0.2, 0) is 6.42 Å². The number of benzene rings is 2. The topological polar surface area (TPSA) is 69.7 Å². The van der Waals surface area contributed by atoms with Gasteiger partial charge in [-0.25, -0.2) is 0 Å². The fourth-order valence-electron chi connectivity index (χ4n) is 5.09. The number of methoxy groups -OCH3 is 1. The van der Waals surface area contributed by atoms with Crippen molar-refractivity contribution in [2.75, 3.05) is 33.4 Å². The zero-order valence-electron chi connectivity index (χ0n) is 22.3. The summed E-state index contributed by atoms with van der Waals surface area (Å²) in [6, 6.07) is 14.3. The first-order chi connectivity index (χ1) is 18.0. The van der Waals surface area contributed by atoms with Gasteiger partial charge in [0.1, 0.15) is 18.1 Å². The minimum absolute atomic E-state index is 0.386. The molecule has 37 heavy (non-hydrogen) atoms. The van der Waals surface area contributed by atoms with Crippen LogP contribution in [0.2, 0.25) is 0 Å². The Morgan fingerprint density at radius 2 is 1.92 bits per heavy atom. The van der Waals surface area contributed by atoms with Crippen LogP contribution in [0, 0.1) is 0 Å². The van der Waals surface area contributed by atoms with Gasteiger partial charge >= 0.3 is 0 Å². The first kappa shape index (κ1) is 26.6. The maximum Gasteiger partial charge on any atom is 0.248 e. The van der Waals surface area contributed by atoms with Gasteiger partial charge in [-0.05, 0) is 73.9 Å². The number of hydrogen-bond acceptors (Lipinski definition) is 4.